The second-order valence-electron chi connectivity index (χ2n) is 4.89. The molecule has 0 saturated carbocycles. The zero-order valence-electron chi connectivity index (χ0n) is 11.3. The topological polar surface area (TPSA) is 37.4 Å². The number of hydrogen-bond donors (Lipinski definition) is 0. The summed E-state index contributed by atoms with van der Waals surface area (Å²) in [6.45, 7) is 2.07. The van der Waals surface area contributed by atoms with Gasteiger partial charge in [-0.15, -0.1) is 0 Å². The van der Waals surface area contributed by atoms with Crippen LogP contribution < -0.4 is 4.90 Å². The Labute approximate surface area is 117 Å². The summed E-state index contributed by atoms with van der Waals surface area (Å²) in [5.74, 6) is -0.404. The van der Waals surface area contributed by atoms with Crippen LogP contribution in [0.2, 0.25) is 0 Å². The van der Waals surface area contributed by atoms with Gasteiger partial charge in [-0.3, -0.25) is 9.59 Å². The number of anilines is 1. The minimum absolute atomic E-state index is 0.169. The van der Waals surface area contributed by atoms with E-state index in [-0.39, 0.29) is 18.2 Å². The van der Waals surface area contributed by atoms with Crippen molar-refractivity contribution in [3.8, 4) is 0 Å². The molecule has 0 aromatic heterocycles. The molecule has 0 unspecified atom stereocenters. The maximum Gasteiger partial charge on any atom is 0.265 e. The van der Waals surface area contributed by atoms with Gasteiger partial charge in [-0.2, -0.15) is 0 Å². The predicted molar refractivity (Wildman–Crippen MR) is 77.8 cm³/mol. The van der Waals surface area contributed by atoms with Gasteiger partial charge in [0.15, 0.2) is 0 Å². The first-order valence-corrected chi connectivity index (χ1v) is 6.75. The van der Waals surface area contributed by atoms with Crippen molar-refractivity contribution in [2.45, 2.75) is 19.8 Å². The van der Waals surface area contributed by atoms with Crippen LogP contribution in [-0.2, 0) is 17.6 Å². The number of imide groups is 1. The fraction of sp³-hybridized carbons (Fsp3) is 0.176. The standard InChI is InChI=1S/C17H15NO2/c1-2-12-7-9-14(10-8-12)18-16(19)11-13-5-3-4-6-15(13)17(18)20/h3-10H,2,11H2,1H3. The van der Waals surface area contributed by atoms with Crippen LogP contribution in [0.15, 0.2) is 48.5 Å². The molecule has 0 saturated heterocycles. The highest BCUT2D eigenvalue weighted by molar-refractivity contribution is 6.24. The normalized spacial score (nSPS) is 14.3. The van der Waals surface area contributed by atoms with Gasteiger partial charge in [0.25, 0.3) is 5.91 Å². The smallest absolute Gasteiger partial charge is 0.265 e. The van der Waals surface area contributed by atoms with Gasteiger partial charge < -0.3 is 0 Å². The Morgan fingerprint density at radius 2 is 1.70 bits per heavy atom. The minimum atomic E-state index is -0.235. The summed E-state index contributed by atoms with van der Waals surface area (Å²) in [6, 6.07) is 14.9. The predicted octanol–water partition coefficient (Wildman–Crippen LogP) is 2.98. The van der Waals surface area contributed by atoms with Gasteiger partial charge in [-0.25, -0.2) is 4.90 Å². The van der Waals surface area contributed by atoms with Crippen LogP contribution in [-0.4, -0.2) is 11.8 Å². The van der Waals surface area contributed by atoms with Crippen molar-refractivity contribution in [1.82, 2.24) is 0 Å². The Morgan fingerprint density at radius 3 is 2.40 bits per heavy atom. The molecule has 2 aromatic carbocycles. The van der Waals surface area contributed by atoms with Gasteiger partial charge in [0.05, 0.1) is 12.1 Å². The number of benzene rings is 2. The maximum absolute atomic E-state index is 12.5. The lowest BCUT2D eigenvalue weighted by molar-refractivity contribution is -0.117. The molecule has 3 nitrogen and oxygen atoms in total. The average molecular weight is 265 g/mol. The lowest BCUT2D eigenvalue weighted by Crippen LogP contribution is -2.42. The zero-order chi connectivity index (χ0) is 14.1. The van der Waals surface area contributed by atoms with Gasteiger partial charge >= 0.3 is 0 Å². The van der Waals surface area contributed by atoms with E-state index in [1.807, 2.05) is 42.5 Å². The molecule has 20 heavy (non-hydrogen) atoms. The van der Waals surface area contributed by atoms with E-state index >= 15 is 0 Å². The fourth-order valence-corrected chi connectivity index (χ4v) is 2.50. The molecule has 0 aliphatic carbocycles. The van der Waals surface area contributed by atoms with Crippen molar-refractivity contribution >= 4 is 17.5 Å². The molecule has 0 bridgehead atoms. The number of aryl methyl sites for hydroxylation is 1. The number of amides is 2. The van der Waals surface area contributed by atoms with Crippen LogP contribution >= 0.6 is 0 Å². The summed E-state index contributed by atoms with van der Waals surface area (Å²) in [6.07, 6.45) is 1.21. The molecular weight excluding hydrogens is 250 g/mol. The van der Waals surface area contributed by atoms with E-state index in [2.05, 4.69) is 6.92 Å². The highest BCUT2D eigenvalue weighted by Crippen LogP contribution is 2.25. The molecule has 1 aliphatic heterocycles. The van der Waals surface area contributed by atoms with Crippen LogP contribution in [0.3, 0.4) is 0 Å². The lowest BCUT2D eigenvalue weighted by Gasteiger charge is -2.26. The maximum atomic E-state index is 12.5. The van der Waals surface area contributed by atoms with Gasteiger partial charge in [-0.1, -0.05) is 37.3 Å². The van der Waals surface area contributed by atoms with Gasteiger partial charge in [0.1, 0.15) is 0 Å². The minimum Gasteiger partial charge on any atom is -0.274 e. The molecule has 2 amide bonds. The van der Waals surface area contributed by atoms with Crippen molar-refractivity contribution < 1.29 is 9.59 Å². The third-order valence-electron chi connectivity index (χ3n) is 3.64. The molecule has 100 valence electrons. The Balaban J connectivity index is 2.01. The highest BCUT2D eigenvalue weighted by Gasteiger charge is 2.31. The van der Waals surface area contributed by atoms with E-state index in [0.29, 0.717) is 11.3 Å². The van der Waals surface area contributed by atoms with Crippen LogP contribution in [0.1, 0.15) is 28.4 Å². The first kappa shape index (κ1) is 12.6. The summed E-state index contributed by atoms with van der Waals surface area (Å²) in [4.78, 5) is 26.0. The van der Waals surface area contributed by atoms with Gasteiger partial charge in [0.2, 0.25) is 5.91 Å². The lowest BCUT2D eigenvalue weighted by atomic mass is 9.98. The molecule has 3 heteroatoms. The average Bonchev–Trinajstić information content (AvgIpc) is 2.48. The van der Waals surface area contributed by atoms with Gasteiger partial charge in [0, 0.05) is 5.56 Å². The molecule has 1 aliphatic rings. The summed E-state index contributed by atoms with van der Waals surface area (Å²) >= 11 is 0. The number of nitrogens with zero attached hydrogens (tertiary/aromatic N) is 1. The SMILES string of the molecule is CCc1ccc(N2C(=O)Cc3ccccc3C2=O)cc1. The number of rotatable bonds is 2. The van der Waals surface area contributed by atoms with E-state index in [4.69, 9.17) is 0 Å². The van der Waals surface area contributed by atoms with E-state index in [1.165, 1.54) is 10.5 Å². The molecule has 0 radical (unpaired) electrons. The largest absolute Gasteiger partial charge is 0.274 e. The molecule has 1 heterocycles. The molecule has 0 atom stereocenters. The molecular formula is C17H15NO2. The first-order chi connectivity index (χ1) is 9.70. The van der Waals surface area contributed by atoms with Crippen molar-refractivity contribution in [3.63, 3.8) is 0 Å². The molecule has 0 spiro atoms. The van der Waals surface area contributed by atoms with E-state index < -0.39 is 0 Å². The summed E-state index contributed by atoms with van der Waals surface area (Å²) in [5, 5.41) is 0. The quantitative estimate of drug-likeness (QED) is 0.783. The third kappa shape index (κ3) is 2.01. The van der Waals surface area contributed by atoms with E-state index in [0.717, 1.165) is 12.0 Å². The van der Waals surface area contributed by atoms with E-state index in [1.54, 1.807) is 6.07 Å². The van der Waals surface area contributed by atoms with Crippen molar-refractivity contribution in [2.24, 2.45) is 0 Å². The summed E-state index contributed by atoms with van der Waals surface area (Å²) < 4.78 is 0. The van der Waals surface area contributed by atoms with Crippen LogP contribution in [0.25, 0.3) is 0 Å². The van der Waals surface area contributed by atoms with Crippen molar-refractivity contribution in [1.29, 1.82) is 0 Å². The van der Waals surface area contributed by atoms with Crippen LogP contribution in [0.4, 0.5) is 5.69 Å². The first-order valence-electron chi connectivity index (χ1n) is 6.75. The summed E-state index contributed by atoms with van der Waals surface area (Å²) in [7, 11) is 0. The zero-order valence-corrected chi connectivity index (χ0v) is 11.3. The number of fused-ring (bicyclic) bond motifs is 1. The molecule has 3 rings (SSSR count). The monoisotopic (exact) mass is 265 g/mol. The molecule has 2 aromatic rings. The van der Waals surface area contributed by atoms with Gasteiger partial charge in [-0.05, 0) is 35.7 Å². The second kappa shape index (κ2) is 4.93. The summed E-state index contributed by atoms with van der Waals surface area (Å²) in [5.41, 5.74) is 3.26. The highest BCUT2D eigenvalue weighted by atomic mass is 16.2. The second-order valence-corrected chi connectivity index (χ2v) is 4.89. The third-order valence-corrected chi connectivity index (χ3v) is 3.64. The van der Waals surface area contributed by atoms with Crippen LogP contribution in [0.5, 0.6) is 0 Å². The Hall–Kier alpha value is -2.42. The molecule has 0 fully saturated rings. The van der Waals surface area contributed by atoms with E-state index in [9.17, 15) is 9.59 Å². The Bertz CT molecular complexity index is 674. The van der Waals surface area contributed by atoms with Crippen molar-refractivity contribution in [3.05, 3.63) is 65.2 Å². The number of carbonyl (C=O) groups excluding carboxylic acids is 2. The molecule has 0 N–H and O–H groups in total. The number of carbonyl (C=O) groups is 2. The van der Waals surface area contributed by atoms with Crippen molar-refractivity contribution in [2.75, 3.05) is 4.90 Å². The Morgan fingerprint density at radius 1 is 1.00 bits per heavy atom. The fourth-order valence-electron chi connectivity index (χ4n) is 2.50. The van der Waals surface area contributed by atoms with Crippen LogP contribution in [0, 0.1) is 0 Å². The number of hydrogen-bond acceptors (Lipinski definition) is 2. The Kier molecular flexibility index (Phi) is 3.11.